The maximum Gasteiger partial charge on any atom is 0.0677 e. The molecule has 2 nitrogen and oxygen atoms in total. The van der Waals surface area contributed by atoms with Crippen molar-refractivity contribution in [2.45, 2.75) is 88.3 Å². The predicted molar refractivity (Wildman–Crippen MR) is 74.6 cm³/mol. The highest BCUT2D eigenvalue weighted by atomic mass is 16.3. The Morgan fingerprint density at radius 1 is 1.00 bits per heavy atom. The minimum Gasteiger partial charge on any atom is -0.390 e. The van der Waals surface area contributed by atoms with Gasteiger partial charge in [0.1, 0.15) is 0 Å². The van der Waals surface area contributed by atoms with Crippen molar-refractivity contribution in [1.29, 1.82) is 0 Å². The lowest BCUT2D eigenvalue weighted by Crippen LogP contribution is -2.49. The van der Waals surface area contributed by atoms with Gasteiger partial charge in [0.2, 0.25) is 0 Å². The lowest BCUT2D eigenvalue weighted by atomic mass is 9.78. The molecule has 3 fully saturated rings. The summed E-state index contributed by atoms with van der Waals surface area (Å²) in [4.78, 5) is 2.52. The SMILES string of the molecule is CN1C2CCC1CC(O)(CCC1CCCCC1)C2. The summed E-state index contributed by atoms with van der Waals surface area (Å²) < 4.78 is 0. The summed E-state index contributed by atoms with van der Waals surface area (Å²) in [5.41, 5.74) is -0.324. The van der Waals surface area contributed by atoms with E-state index in [0.29, 0.717) is 12.1 Å². The first-order valence-corrected chi connectivity index (χ1v) is 8.11. The third-order valence-corrected chi connectivity index (χ3v) is 5.96. The van der Waals surface area contributed by atoms with Crippen LogP contribution < -0.4 is 0 Å². The van der Waals surface area contributed by atoms with Crippen molar-refractivity contribution < 1.29 is 5.11 Å². The minimum atomic E-state index is -0.324. The predicted octanol–water partition coefficient (Wildman–Crippen LogP) is 3.33. The van der Waals surface area contributed by atoms with E-state index in [1.54, 1.807) is 0 Å². The Hall–Kier alpha value is -0.0800. The van der Waals surface area contributed by atoms with E-state index < -0.39 is 0 Å². The molecule has 2 aliphatic heterocycles. The fourth-order valence-electron chi connectivity index (χ4n) is 4.70. The van der Waals surface area contributed by atoms with Crippen LogP contribution in [0.25, 0.3) is 0 Å². The number of nitrogens with zero attached hydrogens (tertiary/aromatic N) is 1. The molecular weight excluding hydrogens is 222 g/mol. The highest BCUT2D eigenvalue weighted by Crippen LogP contribution is 2.42. The van der Waals surface area contributed by atoms with Crippen LogP contribution in [0, 0.1) is 5.92 Å². The molecule has 0 radical (unpaired) electrons. The Balaban J connectivity index is 1.52. The fraction of sp³-hybridized carbons (Fsp3) is 1.00. The number of hydrogen-bond acceptors (Lipinski definition) is 2. The first-order valence-electron chi connectivity index (χ1n) is 8.11. The highest BCUT2D eigenvalue weighted by molar-refractivity contribution is 5.00. The number of piperidine rings is 1. The van der Waals surface area contributed by atoms with Crippen LogP contribution in [0.2, 0.25) is 0 Å². The molecule has 0 spiro atoms. The van der Waals surface area contributed by atoms with Gasteiger partial charge in [0, 0.05) is 12.1 Å². The van der Waals surface area contributed by atoms with Crippen molar-refractivity contribution in [3.63, 3.8) is 0 Å². The summed E-state index contributed by atoms with van der Waals surface area (Å²) >= 11 is 0. The maximum absolute atomic E-state index is 10.9. The van der Waals surface area contributed by atoms with Gasteiger partial charge in [-0.2, -0.15) is 0 Å². The molecule has 2 heterocycles. The van der Waals surface area contributed by atoms with Gasteiger partial charge < -0.3 is 10.0 Å². The second kappa shape index (κ2) is 5.13. The van der Waals surface area contributed by atoms with Gasteiger partial charge in [0.05, 0.1) is 5.60 Å². The quantitative estimate of drug-likeness (QED) is 0.831. The van der Waals surface area contributed by atoms with Crippen molar-refractivity contribution in [1.82, 2.24) is 4.90 Å². The van der Waals surface area contributed by atoms with Gasteiger partial charge in [0.25, 0.3) is 0 Å². The van der Waals surface area contributed by atoms with E-state index in [4.69, 9.17) is 0 Å². The Bertz CT molecular complexity index is 271. The molecule has 1 N–H and O–H groups in total. The Morgan fingerprint density at radius 3 is 2.22 bits per heavy atom. The summed E-state index contributed by atoms with van der Waals surface area (Å²) in [6, 6.07) is 1.33. The van der Waals surface area contributed by atoms with Crippen LogP contribution in [0.4, 0.5) is 0 Å². The average Bonchev–Trinajstić information content (AvgIpc) is 2.62. The van der Waals surface area contributed by atoms with E-state index in [-0.39, 0.29) is 5.60 Å². The monoisotopic (exact) mass is 251 g/mol. The lowest BCUT2D eigenvalue weighted by molar-refractivity contribution is -0.0542. The van der Waals surface area contributed by atoms with Crippen LogP contribution >= 0.6 is 0 Å². The van der Waals surface area contributed by atoms with Crippen LogP contribution in [-0.4, -0.2) is 34.7 Å². The molecule has 2 unspecified atom stereocenters. The summed E-state index contributed by atoms with van der Waals surface area (Å²) in [6.07, 6.45) is 14.2. The van der Waals surface area contributed by atoms with Crippen LogP contribution in [0.15, 0.2) is 0 Å². The molecule has 0 aromatic heterocycles. The molecule has 2 atom stereocenters. The van der Waals surface area contributed by atoms with Crippen molar-refractivity contribution in [3.8, 4) is 0 Å². The third kappa shape index (κ3) is 2.60. The molecule has 0 aromatic rings. The second-order valence-corrected chi connectivity index (χ2v) is 7.23. The molecule has 2 saturated heterocycles. The Kier molecular flexibility index (Phi) is 3.68. The average molecular weight is 251 g/mol. The molecule has 18 heavy (non-hydrogen) atoms. The minimum absolute atomic E-state index is 0.324. The fourth-order valence-corrected chi connectivity index (χ4v) is 4.70. The smallest absolute Gasteiger partial charge is 0.0677 e. The van der Waals surface area contributed by atoms with Gasteiger partial charge >= 0.3 is 0 Å². The van der Waals surface area contributed by atoms with Crippen molar-refractivity contribution in [3.05, 3.63) is 0 Å². The normalized spacial score (nSPS) is 42.3. The van der Waals surface area contributed by atoms with Crippen LogP contribution in [0.1, 0.15) is 70.6 Å². The number of aliphatic hydroxyl groups is 1. The molecule has 3 rings (SSSR count). The van der Waals surface area contributed by atoms with E-state index >= 15 is 0 Å². The van der Waals surface area contributed by atoms with Gasteiger partial charge in [-0.05, 0) is 51.5 Å². The van der Waals surface area contributed by atoms with E-state index in [9.17, 15) is 5.11 Å². The van der Waals surface area contributed by atoms with Crippen molar-refractivity contribution in [2.24, 2.45) is 5.92 Å². The molecule has 104 valence electrons. The van der Waals surface area contributed by atoms with Crippen molar-refractivity contribution in [2.75, 3.05) is 7.05 Å². The molecule has 0 aromatic carbocycles. The zero-order valence-electron chi connectivity index (χ0n) is 11.9. The molecule has 1 saturated carbocycles. The van der Waals surface area contributed by atoms with Crippen LogP contribution in [-0.2, 0) is 0 Å². The van der Waals surface area contributed by atoms with E-state index in [1.165, 1.54) is 51.4 Å². The standard InChI is InChI=1S/C16H29NO/c1-17-14-7-8-15(17)12-16(18,11-14)10-9-13-5-3-2-4-6-13/h13-15,18H,2-12H2,1H3. The maximum atomic E-state index is 10.9. The van der Waals surface area contributed by atoms with Gasteiger partial charge in [0.15, 0.2) is 0 Å². The molecule has 0 amide bonds. The molecule has 2 bridgehead atoms. The van der Waals surface area contributed by atoms with Gasteiger partial charge in [-0.25, -0.2) is 0 Å². The van der Waals surface area contributed by atoms with Crippen LogP contribution in [0.3, 0.4) is 0 Å². The molecular formula is C16H29NO. The zero-order valence-corrected chi connectivity index (χ0v) is 11.9. The van der Waals surface area contributed by atoms with E-state index in [2.05, 4.69) is 11.9 Å². The van der Waals surface area contributed by atoms with Gasteiger partial charge in [-0.1, -0.05) is 32.1 Å². The Morgan fingerprint density at radius 2 is 1.61 bits per heavy atom. The van der Waals surface area contributed by atoms with E-state index in [1.807, 2.05) is 0 Å². The number of fused-ring (bicyclic) bond motifs is 2. The number of hydrogen-bond donors (Lipinski definition) is 1. The highest BCUT2D eigenvalue weighted by Gasteiger charge is 2.45. The van der Waals surface area contributed by atoms with Crippen LogP contribution in [0.5, 0.6) is 0 Å². The number of rotatable bonds is 3. The second-order valence-electron chi connectivity index (χ2n) is 7.23. The molecule has 1 aliphatic carbocycles. The summed E-state index contributed by atoms with van der Waals surface area (Å²) in [6.45, 7) is 0. The summed E-state index contributed by atoms with van der Waals surface area (Å²) in [7, 11) is 2.25. The van der Waals surface area contributed by atoms with Gasteiger partial charge in [-0.3, -0.25) is 0 Å². The third-order valence-electron chi connectivity index (χ3n) is 5.96. The first-order chi connectivity index (χ1) is 8.66. The van der Waals surface area contributed by atoms with Crippen molar-refractivity contribution >= 4 is 0 Å². The largest absolute Gasteiger partial charge is 0.390 e. The molecule has 3 aliphatic rings. The zero-order chi connectivity index (χ0) is 12.6. The van der Waals surface area contributed by atoms with Gasteiger partial charge in [-0.15, -0.1) is 0 Å². The first kappa shape index (κ1) is 12.9. The Labute approximate surface area is 112 Å². The topological polar surface area (TPSA) is 23.5 Å². The van der Waals surface area contributed by atoms with E-state index in [0.717, 1.165) is 25.2 Å². The lowest BCUT2D eigenvalue weighted by Gasteiger charge is -2.42. The summed E-state index contributed by atoms with van der Waals surface area (Å²) in [5, 5.41) is 10.9. The molecule has 2 heteroatoms. The summed E-state index contributed by atoms with van der Waals surface area (Å²) in [5.74, 6) is 0.917.